The molecule has 0 fully saturated rings. The molecule has 88 valence electrons. The number of fused-ring (bicyclic) bond motifs is 2. The molecular formula is C16H11BrO. The molecule has 0 radical (unpaired) electrons. The number of Topliss-reactive ketones (excluding diaryl/α,β-unsaturated/α-hetero) is 1. The average Bonchev–Trinajstić information content (AvgIpc) is 2.37. The Hall–Kier alpha value is -1.67. The van der Waals surface area contributed by atoms with Gasteiger partial charge in [0.25, 0.3) is 0 Å². The highest BCUT2D eigenvalue weighted by molar-refractivity contribution is 9.10. The van der Waals surface area contributed by atoms with Crippen LogP contribution in [0.5, 0.6) is 0 Å². The van der Waals surface area contributed by atoms with Gasteiger partial charge >= 0.3 is 0 Å². The first kappa shape index (κ1) is 11.4. The molecule has 3 rings (SSSR count). The van der Waals surface area contributed by atoms with Gasteiger partial charge in [-0.3, -0.25) is 4.79 Å². The van der Waals surface area contributed by atoms with Crippen LogP contribution >= 0.6 is 15.9 Å². The van der Waals surface area contributed by atoms with Crippen LogP contribution in [0, 0.1) is 0 Å². The maximum atomic E-state index is 12.3. The van der Waals surface area contributed by atoms with Gasteiger partial charge in [-0.25, -0.2) is 0 Å². The van der Waals surface area contributed by atoms with Crippen molar-refractivity contribution in [3.63, 3.8) is 0 Å². The van der Waals surface area contributed by atoms with Gasteiger partial charge in [-0.15, -0.1) is 0 Å². The molecule has 0 heterocycles. The molecular weight excluding hydrogens is 288 g/mol. The third-order valence-corrected chi connectivity index (χ3v) is 3.66. The normalized spacial score (nSPS) is 13.5. The molecule has 1 aliphatic rings. The molecule has 2 heteroatoms. The van der Waals surface area contributed by atoms with Crippen molar-refractivity contribution < 1.29 is 4.79 Å². The van der Waals surface area contributed by atoms with Crippen LogP contribution in [0.15, 0.2) is 46.9 Å². The summed E-state index contributed by atoms with van der Waals surface area (Å²) in [6.07, 6.45) is 4.55. The second-order valence-corrected chi connectivity index (χ2v) is 5.28. The van der Waals surface area contributed by atoms with Gasteiger partial charge in [0, 0.05) is 16.5 Å². The zero-order chi connectivity index (χ0) is 12.5. The van der Waals surface area contributed by atoms with Crippen molar-refractivity contribution in [3.05, 3.63) is 69.2 Å². The quantitative estimate of drug-likeness (QED) is 0.706. The molecule has 0 spiro atoms. The van der Waals surface area contributed by atoms with Gasteiger partial charge in [0.15, 0.2) is 5.78 Å². The fourth-order valence-corrected chi connectivity index (χ4v) is 2.58. The molecule has 0 bridgehead atoms. The van der Waals surface area contributed by atoms with E-state index in [1.54, 1.807) is 0 Å². The Balaban J connectivity index is 2.19. The van der Waals surface area contributed by atoms with E-state index in [1.165, 1.54) is 0 Å². The molecule has 0 saturated carbocycles. The summed E-state index contributed by atoms with van der Waals surface area (Å²) >= 11 is 3.42. The molecule has 0 aromatic heterocycles. The van der Waals surface area contributed by atoms with Crippen molar-refractivity contribution in [3.8, 4) is 0 Å². The summed E-state index contributed by atoms with van der Waals surface area (Å²) in [4.78, 5) is 12.3. The summed E-state index contributed by atoms with van der Waals surface area (Å²) in [6.45, 7) is 0. The van der Waals surface area contributed by atoms with E-state index in [4.69, 9.17) is 0 Å². The summed E-state index contributed by atoms with van der Waals surface area (Å²) in [5, 5.41) is 0. The van der Waals surface area contributed by atoms with Gasteiger partial charge in [0.05, 0.1) is 0 Å². The third kappa shape index (κ3) is 2.04. The van der Waals surface area contributed by atoms with E-state index in [2.05, 4.69) is 22.0 Å². The van der Waals surface area contributed by atoms with Gasteiger partial charge in [-0.05, 0) is 28.8 Å². The summed E-state index contributed by atoms with van der Waals surface area (Å²) in [5.74, 6) is 0.170. The number of carbonyl (C=O) groups excluding carboxylic acids is 1. The molecule has 2 aromatic rings. The van der Waals surface area contributed by atoms with Crippen LogP contribution in [0.3, 0.4) is 0 Å². The number of benzene rings is 2. The predicted octanol–water partition coefficient (Wildman–Crippen LogP) is 4.36. The predicted molar refractivity (Wildman–Crippen MR) is 77.5 cm³/mol. The molecule has 18 heavy (non-hydrogen) atoms. The van der Waals surface area contributed by atoms with Crippen LogP contribution in [-0.2, 0) is 6.42 Å². The summed E-state index contributed by atoms with van der Waals surface area (Å²) in [5.41, 5.74) is 3.98. The second-order valence-electron chi connectivity index (χ2n) is 4.36. The zero-order valence-corrected chi connectivity index (χ0v) is 11.3. The lowest BCUT2D eigenvalue weighted by Gasteiger charge is -2.12. The number of carbonyl (C=O) groups is 1. The van der Waals surface area contributed by atoms with Gasteiger partial charge in [-0.1, -0.05) is 58.4 Å². The van der Waals surface area contributed by atoms with Crippen molar-refractivity contribution in [2.75, 3.05) is 0 Å². The van der Waals surface area contributed by atoms with E-state index in [9.17, 15) is 4.79 Å². The van der Waals surface area contributed by atoms with Crippen LogP contribution in [0.25, 0.3) is 12.2 Å². The summed E-state index contributed by atoms with van der Waals surface area (Å²) < 4.78 is 0.942. The van der Waals surface area contributed by atoms with Crippen molar-refractivity contribution in [1.82, 2.24) is 0 Å². The van der Waals surface area contributed by atoms with E-state index in [0.717, 1.165) is 26.7 Å². The Bertz CT molecular complexity index is 656. The molecule has 1 nitrogen and oxygen atoms in total. The van der Waals surface area contributed by atoms with Gasteiger partial charge in [-0.2, -0.15) is 0 Å². The molecule has 0 unspecified atom stereocenters. The lowest BCUT2D eigenvalue weighted by molar-refractivity contribution is 0.0992. The Morgan fingerprint density at radius 1 is 0.944 bits per heavy atom. The lowest BCUT2D eigenvalue weighted by atomic mass is 9.92. The highest BCUT2D eigenvalue weighted by Crippen LogP contribution is 2.24. The van der Waals surface area contributed by atoms with E-state index >= 15 is 0 Å². The van der Waals surface area contributed by atoms with Gasteiger partial charge < -0.3 is 0 Å². The van der Waals surface area contributed by atoms with E-state index in [0.29, 0.717) is 6.42 Å². The minimum atomic E-state index is 0.170. The number of halogens is 1. The fraction of sp³-hybridized carbons (Fsp3) is 0.0625. The number of rotatable bonds is 0. The minimum absolute atomic E-state index is 0.170. The van der Waals surface area contributed by atoms with Crippen molar-refractivity contribution in [1.29, 1.82) is 0 Å². The topological polar surface area (TPSA) is 17.1 Å². The van der Waals surface area contributed by atoms with Crippen molar-refractivity contribution in [2.45, 2.75) is 6.42 Å². The molecule has 0 amide bonds. The van der Waals surface area contributed by atoms with Gasteiger partial charge in [0.2, 0.25) is 0 Å². The molecule has 1 aliphatic carbocycles. The Morgan fingerprint density at radius 3 is 2.61 bits per heavy atom. The maximum Gasteiger partial charge on any atom is 0.167 e. The molecule has 0 N–H and O–H groups in total. The zero-order valence-electron chi connectivity index (χ0n) is 9.69. The first-order valence-corrected chi connectivity index (χ1v) is 6.62. The monoisotopic (exact) mass is 298 g/mol. The van der Waals surface area contributed by atoms with Crippen LogP contribution < -0.4 is 0 Å². The highest BCUT2D eigenvalue weighted by Gasteiger charge is 2.15. The van der Waals surface area contributed by atoms with Crippen LogP contribution in [0.2, 0.25) is 0 Å². The number of hydrogen-bond acceptors (Lipinski definition) is 1. The molecule has 0 aliphatic heterocycles. The smallest absolute Gasteiger partial charge is 0.167 e. The maximum absolute atomic E-state index is 12.3. The minimum Gasteiger partial charge on any atom is -0.294 e. The Kier molecular flexibility index (Phi) is 2.88. The van der Waals surface area contributed by atoms with E-state index in [1.807, 2.05) is 48.5 Å². The van der Waals surface area contributed by atoms with Crippen LogP contribution in [0.1, 0.15) is 27.0 Å². The van der Waals surface area contributed by atoms with Gasteiger partial charge in [0.1, 0.15) is 0 Å². The Morgan fingerprint density at radius 2 is 1.72 bits per heavy atom. The second kappa shape index (κ2) is 4.54. The third-order valence-electron chi connectivity index (χ3n) is 3.16. The first-order chi connectivity index (χ1) is 8.74. The molecule has 0 atom stereocenters. The lowest BCUT2D eigenvalue weighted by Crippen LogP contribution is -2.08. The van der Waals surface area contributed by atoms with E-state index in [-0.39, 0.29) is 5.78 Å². The highest BCUT2D eigenvalue weighted by atomic mass is 79.9. The fourth-order valence-electron chi connectivity index (χ4n) is 2.22. The van der Waals surface area contributed by atoms with E-state index < -0.39 is 0 Å². The SMILES string of the molecule is O=C1Cc2ccccc2C=Cc2ccc(Br)cc21. The van der Waals surface area contributed by atoms with Crippen LogP contribution in [0.4, 0.5) is 0 Å². The summed E-state index contributed by atoms with van der Waals surface area (Å²) in [7, 11) is 0. The van der Waals surface area contributed by atoms with Crippen LogP contribution in [-0.4, -0.2) is 5.78 Å². The largest absolute Gasteiger partial charge is 0.294 e. The average molecular weight is 299 g/mol. The first-order valence-electron chi connectivity index (χ1n) is 5.83. The Labute approximate surface area is 114 Å². The molecule has 2 aromatic carbocycles. The summed E-state index contributed by atoms with van der Waals surface area (Å²) in [6, 6.07) is 13.9. The number of hydrogen-bond donors (Lipinski definition) is 0. The number of ketones is 1. The molecule has 0 saturated heterocycles. The van der Waals surface area contributed by atoms with Crippen molar-refractivity contribution >= 4 is 33.9 Å². The standard InChI is InChI=1S/C16H11BrO/c17-14-8-7-12-6-5-11-3-1-2-4-13(11)9-16(18)15(12)10-14/h1-8,10H,9H2. The van der Waals surface area contributed by atoms with Crippen molar-refractivity contribution in [2.24, 2.45) is 0 Å².